The molecule has 2 bridgehead atoms. The normalized spacial score (nSPS) is 23.3. The van der Waals surface area contributed by atoms with Crippen molar-refractivity contribution in [2.45, 2.75) is 63.6 Å². The highest BCUT2D eigenvalue weighted by Crippen LogP contribution is 2.35. The molecule has 0 saturated carbocycles. The molecule has 2 aromatic rings. The number of nitrogens with zero attached hydrogens (tertiary/aromatic N) is 1. The molecule has 0 aliphatic carbocycles. The van der Waals surface area contributed by atoms with Gasteiger partial charge in [-0.2, -0.15) is 0 Å². The molecular formula is C24H29N3O2. The lowest BCUT2D eigenvalue weighted by atomic mass is 9.82. The molecule has 0 spiro atoms. The van der Waals surface area contributed by atoms with Gasteiger partial charge in [-0.1, -0.05) is 43.3 Å². The van der Waals surface area contributed by atoms with Gasteiger partial charge in [-0.05, 0) is 62.3 Å². The third-order valence-corrected chi connectivity index (χ3v) is 6.22. The third kappa shape index (κ3) is 4.29. The van der Waals surface area contributed by atoms with Crippen LogP contribution in [0.15, 0.2) is 54.6 Å². The zero-order valence-electron chi connectivity index (χ0n) is 16.9. The number of amides is 3. The van der Waals surface area contributed by atoms with E-state index in [-0.39, 0.29) is 30.1 Å². The van der Waals surface area contributed by atoms with Gasteiger partial charge in [0.05, 0.1) is 0 Å². The molecule has 0 radical (unpaired) electrons. The number of rotatable bonds is 4. The summed E-state index contributed by atoms with van der Waals surface area (Å²) < 4.78 is 0. The number of anilines is 1. The Morgan fingerprint density at radius 2 is 1.62 bits per heavy atom. The zero-order valence-corrected chi connectivity index (χ0v) is 16.9. The van der Waals surface area contributed by atoms with Crippen LogP contribution in [0.25, 0.3) is 0 Å². The van der Waals surface area contributed by atoms with Crippen LogP contribution < -0.4 is 10.6 Å². The van der Waals surface area contributed by atoms with Gasteiger partial charge < -0.3 is 15.5 Å². The van der Waals surface area contributed by atoms with E-state index in [4.69, 9.17) is 0 Å². The fraction of sp³-hybridized carbons (Fsp3) is 0.417. The molecule has 2 aromatic carbocycles. The van der Waals surface area contributed by atoms with Gasteiger partial charge in [0.15, 0.2) is 0 Å². The summed E-state index contributed by atoms with van der Waals surface area (Å²) in [6, 6.07) is 17.8. The highest BCUT2D eigenvalue weighted by Gasteiger charge is 2.41. The minimum absolute atomic E-state index is 0.00608. The van der Waals surface area contributed by atoms with Crippen molar-refractivity contribution >= 4 is 17.6 Å². The minimum atomic E-state index is -0.0246. The highest BCUT2D eigenvalue weighted by atomic mass is 16.2. The summed E-state index contributed by atoms with van der Waals surface area (Å²) in [4.78, 5) is 27.7. The molecule has 5 nitrogen and oxygen atoms in total. The number of piperidine rings is 2. The Balaban J connectivity index is 1.43. The van der Waals surface area contributed by atoms with Crippen LogP contribution >= 0.6 is 0 Å². The molecule has 2 aliphatic rings. The first-order valence-corrected chi connectivity index (χ1v) is 10.7. The van der Waals surface area contributed by atoms with Gasteiger partial charge in [0.1, 0.15) is 0 Å². The molecule has 3 amide bonds. The standard InChI is InChI=1S/C24H29N3O2/c1-2-17-9-6-7-14-22(17)26-24(29)27-20-12-8-13-21(27)16-19(15-20)25-23(28)18-10-4-3-5-11-18/h3-7,9-11,14,19-21H,2,8,12-13,15-16H2,1H3,(H,25,28)(H,26,29)/t20-,21-/m1/s1. The van der Waals surface area contributed by atoms with Gasteiger partial charge in [-0.15, -0.1) is 0 Å². The van der Waals surface area contributed by atoms with Crippen molar-refractivity contribution in [3.8, 4) is 0 Å². The van der Waals surface area contributed by atoms with Crippen LogP contribution in [0.3, 0.4) is 0 Å². The van der Waals surface area contributed by atoms with Crippen molar-refractivity contribution in [3.63, 3.8) is 0 Å². The Kier molecular flexibility index (Phi) is 5.84. The van der Waals surface area contributed by atoms with Crippen LogP contribution in [0.5, 0.6) is 0 Å². The average Bonchev–Trinajstić information content (AvgIpc) is 2.74. The van der Waals surface area contributed by atoms with Gasteiger partial charge in [0, 0.05) is 29.4 Å². The van der Waals surface area contributed by atoms with E-state index in [1.54, 1.807) is 0 Å². The van der Waals surface area contributed by atoms with Crippen molar-refractivity contribution in [3.05, 3.63) is 65.7 Å². The predicted octanol–water partition coefficient (Wildman–Crippen LogP) is 4.60. The van der Waals surface area contributed by atoms with Gasteiger partial charge in [0.2, 0.25) is 0 Å². The highest BCUT2D eigenvalue weighted by molar-refractivity contribution is 5.94. The van der Waals surface area contributed by atoms with E-state index < -0.39 is 0 Å². The maximum atomic E-state index is 13.1. The monoisotopic (exact) mass is 391 g/mol. The number of urea groups is 1. The van der Waals surface area contributed by atoms with Crippen molar-refractivity contribution in [2.75, 3.05) is 5.32 Å². The summed E-state index contributed by atoms with van der Waals surface area (Å²) in [5, 5.41) is 6.33. The summed E-state index contributed by atoms with van der Waals surface area (Å²) >= 11 is 0. The van der Waals surface area contributed by atoms with Crippen molar-refractivity contribution < 1.29 is 9.59 Å². The Morgan fingerprint density at radius 1 is 0.966 bits per heavy atom. The summed E-state index contributed by atoms with van der Waals surface area (Å²) in [6.07, 6.45) is 5.66. The van der Waals surface area contributed by atoms with Gasteiger partial charge in [-0.3, -0.25) is 4.79 Å². The predicted molar refractivity (Wildman–Crippen MR) is 115 cm³/mol. The first kappa shape index (κ1) is 19.5. The van der Waals surface area contributed by atoms with Crippen molar-refractivity contribution in [2.24, 2.45) is 0 Å². The lowest BCUT2D eigenvalue weighted by molar-refractivity contribution is 0.0577. The van der Waals surface area contributed by atoms with E-state index in [0.717, 1.165) is 49.8 Å². The van der Waals surface area contributed by atoms with E-state index in [2.05, 4.69) is 23.6 Å². The zero-order chi connectivity index (χ0) is 20.2. The number of hydrogen-bond acceptors (Lipinski definition) is 2. The minimum Gasteiger partial charge on any atom is -0.349 e. The number of para-hydroxylation sites is 1. The number of nitrogens with one attached hydrogen (secondary N) is 2. The van der Waals surface area contributed by atoms with E-state index >= 15 is 0 Å². The molecule has 4 rings (SSSR count). The molecule has 2 aliphatic heterocycles. The first-order valence-electron chi connectivity index (χ1n) is 10.7. The Morgan fingerprint density at radius 3 is 2.31 bits per heavy atom. The number of hydrogen-bond donors (Lipinski definition) is 2. The van der Waals surface area contributed by atoms with E-state index in [1.807, 2.05) is 53.4 Å². The summed E-state index contributed by atoms with van der Waals surface area (Å²) in [5.74, 6) is -0.0246. The molecule has 0 aromatic heterocycles. The molecule has 2 atom stereocenters. The van der Waals surface area contributed by atoms with E-state index in [0.29, 0.717) is 5.56 Å². The van der Waals surface area contributed by atoms with Crippen LogP contribution in [0.2, 0.25) is 0 Å². The summed E-state index contributed by atoms with van der Waals surface area (Å²) in [7, 11) is 0. The van der Waals surface area contributed by atoms with Crippen LogP contribution in [0, 0.1) is 0 Å². The number of aryl methyl sites for hydroxylation is 1. The average molecular weight is 392 g/mol. The van der Waals surface area contributed by atoms with Crippen LogP contribution in [0.1, 0.15) is 54.9 Å². The van der Waals surface area contributed by atoms with Gasteiger partial charge in [0.25, 0.3) is 5.91 Å². The largest absolute Gasteiger partial charge is 0.349 e. The molecule has 2 heterocycles. The molecule has 0 unspecified atom stereocenters. The first-order chi connectivity index (χ1) is 14.2. The Labute approximate surface area is 172 Å². The molecule has 2 fully saturated rings. The summed E-state index contributed by atoms with van der Waals surface area (Å²) in [5.41, 5.74) is 2.74. The van der Waals surface area contributed by atoms with Crippen molar-refractivity contribution in [1.29, 1.82) is 0 Å². The SMILES string of the molecule is CCc1ccccc1NC(=O)N1[C@@H]2CCC[C@@H]1CC(NC(=O)c1ccccc1)C2. The topological polar surface area (TPSA) is 61.4 Å². The van der Waals surface area contributed by atoms with Crippen LogP contribution in [-0.2, 0) is 6.42 Å². The fourth-order valence-corrected chi connectivity index (χ4v) is 4.82. The Hall–Kier alpha value is -2.82. The second-order valence-electron chi connectivity index (χ2n) is 8.09. The molecule has 29 heavy (non-hydrogen) atoms. The van der Waals surface area contributed by atoms with Crippen LogP contribution in [-0.4, -0.2) is 35.0 Å². The van der Waals surface area contributed by atoms with Crippen LogP contribution in [0.4, 0.5) is 10.5 Å². The third-order valence-electron chi connectivity index (χ3n) is 6.22. The Bertz CT molecular complexity index is 853. The van der Waals surface area contributed by atoms with E-state index in [1.165, 1.54) is 0 Å². The second kappa shape index (κ2) is 8.68. The molecule has 5 heteroatoms. The van der Waals surface area contributed by atoms with Crippen molar-refractivity contribution in [1.82, 2.24) is 10.2 Å². The molecular weight excluding hydrogens is 362 g/mol. The second-order valence-corrected chi connectivity index (χ2v) is 8.09. The number of benzene rings is 2. The molecule has 2 N–H and O–H groups in total. The summed E-state index contributed by atoms with van der Waals surface area (Å²) in [6.45, 7) is 2.10. The number of carbonyl (C=O) groups is 2. The van der Waals surface area contributed by atoms with Gasteiger partial charge >= 0.3 is 6.03 Å². The smallest absolute Gasteiger partial charge is 0.322 e. The number of carbonyl (C=O) groups excluding carboxylic acids is 2. The molecule has 152 valence electrons. The lowest BCUT2D eigenvalue weighted by Gasteiger charge is -2.48. The van der Waals surface area contributed by atoms with Gasteiger partial charge in [-0.25, -0.2) is 4.79 Å². The maximum absolute atomic E-state index is 13.1. The molecule has 2 saturated heterocycles. The fourth-order valence-electron chi connectivity index (χ4n) is 4.82. The number of fused-ring (bicyclic) bond motifs is 2. The lowest BCUT2D eigenvalue weighted by Crippen LogP contribution is -2.59. The maximum Gasteiger partial charge on any atom is 0.322 e. The van der Waals surface area contributed by atoms with E-state index in [9.17, 15) is 9.59 Å². The quantitative estimate of drug-likeness (QED) is 0.800.